The van der Waals surface area contributed by atoms with Crippen molar-refractivity contribution in [2.45, 2.75) is 12.6 Å². The molecule has 0 amide bonds. The van der Waals surface area contributed by atoms with Gasteiger partial charge in [0, 0.05) is 9.77 Å². The third-order valence-corrected chi connectivity index (χ3v) is 2.53. The van der Waals surface area contributed by atoms with Crippen LogP contribution in [-0.4, -0.2) is 11.3 Å². The number of aldehydes is 1. The number of hydrogen-bond acceptors (Lipinski definition) is 2. The molecule has 0 aliphatic rings. The van der Waals surface area contributed by atoms with E-state index in [0.29, 0.717) is 0 Å². The summed E-state index contributed by atoms with van der Waals surface area (Å²) in [5, 5.41) is 0. The highest BCUT2D eigenvalue weighted by molar-refractivity contribution is 14.1. The van der Waals surface area contributed by atoms with E-state index < -0.39 is 33.0 Å². The maximum atomic E-state index is 12.5. The van der Waals surface area contributed by atoms with Crippen LogP contribution < -0.4 is 0 Å². The first-order valence-electron chi connectivity index (χ1n) is 3.78. The van der Waals surface area contributed by atoms with Crippen LogP contribution in [0, 0.1) is 3.57 Å². The average molecular weight is 351 g/mol. The molecule has 0 aromatic carbocycles. The molecule has 1 heterocycles. The monoisotopic (exact) mass is 351 g/mol. The molecule has 0 saturated carbocycles. The fourth-order valence-corrected chi connectivity index (χ4v) is 1.86. The Bertz CT molecular complexity index is 418. The minimum absolute atomic E-state index is 0.118. The second-order valence-electron chi connectivity index (χ2n) is 2.70. The number of hydrogen-bond donors (Lipinski definition) is 0. The number of alkyl halides is 5. The van der Waals surface area contributed by atoms with E-state index in [9.17, 15) is 26.7 Å². The van der Waals surface area contributed by atoms with Crippen molar-refractivity contribution < 1.29 is 26.7 Å². The van der Waals surface area contributed by atoms with Crippen molar-refractivity contribution in [2.75, 3.05) is 0 Å². The molecule has 1 rings (SSSR count). The SMILES string of the molecule is O=Cc1ncc(I)c(C(F)(F)F)c1C(F)F. The molecule has 0 aliphatic carbocycles. The third-order valence-electron chi connectivity index (χ3n) is 1.71. The molecule has 0 saturated heterocycles. The van der Waals surface area contributed by atoms with E-state index in [2.05, 4.69) is 4.98 Å². The number of rotatable bonds is 2. The molecule has 1 aromatic heterocycles. The van der Waals surface area contributed by atoms with Gasteiger partial charge in [-0.25, -0.2) is 8.78 Å². The Balaban J connectivity index is 3.61. The molecule has 0 unspecified atom stereocenters. The van der Waals surface area contributed by atoms with Crippen LogP contribution in [0.3, 0.4) is 0 Å². The van der Waals surface area contributed by atoms with Gasteiger partial charge in [-0.15, -0.1) is 0 Å². The summed E-state index contributed by atoms with van der Waals surface area (Å²) in [6.45, 7) is 0. The van der Waals surface area contributed by atoms with Crippen LogP contribution in [-0.2, 0) is 6.18 Å². The third kappa shape index (κ3) is 2.47. The Labute approximate surface area is 100.0 Å². The number of nitrogens with zero attached hydrogens (tertiary/aromatic N) is 1. The van der Waals surface area contributed by atoms with Crippen molar-refractivity contribution >= 4 is 28.9 Å². The van der Waals surface area contributed by atoms with Gasteiger partial charge >= 0.3 is 6.18 Å². The summed E-state index contributed by atoms with van der Waals surface area (Å²) < 4.78 is 62.0. The van der Waals surface area contributed by atoms with E-state index in [1.54, 1.807) is 0 Å². The van der Waals surface area contributed by atoms with E-state index in [-0.39, 0.29) is 6.29 Å². The molecule has 0 bridgehead atoms. The lowest BCUT2D eigenvalue weighted by Crippen LogP contribution is -2.15. The zero-order chi connectivity index (χ0) is 12.5. The van der Waals surface area contributed by atoms with Gasteiger partial charge in [-0.05, 0) is 22.6 Å². The molecule has 0 spiro atoms. The Kier molecular flexibility index (Phi) is 3.81. The van der Waals surface area contributed by atoms with Crippen molar-refractivity contribution in [1.29, 1.82) is 0 Å². The first-order valence-corrected chi connectivity index (χ1v) is 4.85. The van der Waals surface area contributed by atoms with Crippen molar-refractivity contribution in [3.8, 4) is 0 Å². The van der Waals surface area contributed by atoms with E-state index in [1.807, 2.05) is 0 Å². The lowest BCUT2D eigenvalue weighted by molar-refractivity contribution is -0.140. The fraction of sp³-hybridized carbons (Fsp3) is 0.250. The summed E-state index contributed by atoms with van der Waals surface area (Å²) >= 11 is 1.25. The first kappa shape index (κ1) is 13.3. The molecule has 0 aliphatic heterocycles. The fourth-order valence-electron chi connectivity index (χ4n) is 1.12. The zero-order valence-electron chi connectivity index (χ0n) is 7.36. The van der Waals surface area contributed by atoms with Crippen LogP contribution in [0.15, 0.2) is 6.20 Å². The molecule has 0 N–H and O–H groups in total. The number of carbonyl (C=O) groups excluding carboxylic acids is 1. The summed E-state index contributed by atoms with van der Waals surface area (Å²) in [4.78, 5) is 13.6. The van der Waals surface area contributed by atoms with Gasteiger partial charge in [0.1, 0.15) is 5.69 Å². The Morgan fingerprint density at radius 1 is 1.38 bits per heavy atom. The standard InChI is InChI=1S/C8H3F5INO/c9-7(10)5-4(2-16)15-1-3(14)6(5)8(11,12)13/h1-2,7H. The van der Waals surface area contributed by atoms with E-state index in [4.69, 9.17) is 0 Å². The molecular weight excluding hydrogens is 348 g/mol. The number of pyridine rings is 1. The average Bonchev–Trinajstić information content (AvgIpc) is 2.15. The van der Waals surface area contributed by atoms with Gasteiger partial charge in [-0.2, -0.15) is 13.2 Å². The molecule has 2 nitrogen and oxygen atoms in total. The number of halogens is 6. The predicted molar refractivity (Wildman–Crippen MR) is 52.3 cm³/mol. The predicted octanol–water partition coefficient (Wildman–Crippen LogP) is 3.46. The van der Waals surface area contributed by atoms with Gasteiger partial charge in [0.15, 0.2) is 6.29 Å². The number of carbonyl (C=O) groups is 1. The number of aromatic nitrogens is 1. The molecule has 0 radical (unpaired) electrons. The van der Waals surface area contributed by atoms with Crippen LogP contribution >= 0.6 is 22.6 Å². The smallest absolute Gasteiger partial charge is 0.296 e. The Morgan fingerprint density at radius 2 is 1.94 bits per heavy atom. The largest absolute Gasteiger partial charge is 0.418 e. The van der Waals surface area contributed by atoms with Gasteiger partial charge in [0.2, 0.25) is 0 Å². The summed E-state index contributed by atoms with van der Waals surface area (Å²) in [6, 6.07) is 0. The highest BCUT2D eigenvalue weighted by Crippen LogP contribution is 2.39. The quantitative estimate of drug-likeness (QED) is 0.464. The maximum Gasteiger partial charge on any atom is 0.418 e. The summed E-state index contributed by atoms with van der Waals surface area (Å²) in [7, 11) is 0. The van der Waals surface area contributed by atoms with E-state index in [0.717, 1.165) is 6.20 Å². The molecule has 1 aromatic rings. The van der Waals surface area contributed by atoms with Crippen LogP contribution in [0.25, 0.3) is 0 Å². The van der Waals surface area contributed by atoms with Gasteiger partial charge in [0.05, 0.1) is 11.1 Å². The molecule has 8 heteroatoms. The minimum atomic E-state index is -4.94. The zero-order valence-corrected chi connectivity index (χ0v) is 9.51. The van der Waals surface area contributed by atoms with Gasteiger partial charge in [-0.1, -0.05) is 0 Å². The lowest BCUT2D eigenvalue weighted by Gasteiger charge is -2.15. The van der Waals surface area contributed by atoms with Crippen molar-refractivity contribution in [3.05, 3.63) is 26.6 Å². The Morgan fingerprint density at radius 3 is 2.31 bits per heavy atom. The van der Waals surface area contributed by atoms with Crippen LogP contribution in [0.2, 0.25) is 0 Å². The Hall–Kier alpha value is -0.800. The van der Waals surface area contributed by atoms with Gasteiger partial charge in [0.25, 0.3) is 6.43 Å². The van der Waals surface area contributed by atoms with E-state index >= 15 is 0 Å². The minimum Gasteiger partial charge on any atom is -0.296 e. The highest BCUT2D eigenvalue weighted by Gasteiger charge is 2.39. The molecule has 88 valence electrons. The molecule has 16 heavy (non-hydrogen) atoms. The van der Waals surface area contributed by atoms with E-state index in [1.165, 1.54) is 22.6 Å². The molecule has 0 atom stereocenters. The second-order valence-corrected chi connectivity index (χ2v) is 3.86. The van der Waals surface area contributed by atoms with Crippen molar-refractivity contribution in [3.63, 3.8) is 0 Å². The van der Waals surface area contributed by atoms with Crippen LogP contribution in [0.4, 0.5) is 22.0 Å². The summed E-state index contributed by atoms with van der Waals surface area (Å²) in [5.41, 5.74) is -3.75. The lowest BCUT2D eigenvalue weighted by atomic mass is 10.1. The summed E-state index contributed by atoms with van der Waals surface area (Å²) in [5.74, 6) is 0. The maximum absolute atomic E-state index is 12.5. The van der Waals surface area contributed by atoms with Crippen LogP contribution in [0.5, 0.6) is 0 Å². The van der Waals surface area contributed by atoms with Crippen molar-refractivity contribution in [1.82, 2.24) is 4.98 Å². The molecule has 0 fully saturated rings. The summed E-state index contributed by atoms with van der Waals surface area (Å²) in [6.07, 6.45) is -7.73. The molecular formula is C8H3F5INO. The first-order chi connectivity index (χ1) is 7.29. The van der Waals surface area contributed by atoms with Gasteiger partial charge < -0.3 is 0 Å². The second kappa shape index (κ2) is 4.60. The van der Waals surface area contributed by atoms with Crippen LogP contribution in [0.1, 0.15) is 28.0 Å². The normalized spacial score (nSPS) is 11.9. The van der Waals surface area contributed by atoms with Crippen molar-refractivity contribution in [2.24, 2.45) is 0 Å². The van der Waals surface area contributed by atoms with Gasteiger partial charge in [-0.3, -0.25) is 9.78 Å². The topological polar surface area (TPSA) is 30.0 Å². The highest BCUT2D eigenvalue weighted by atomic mass is 127.